The molecule has 162 valence electrons. The van der Waals surface area contributed by atoms with Crippen LogP contribution in [0.4, 0.5) is 0 Å². The van der Waals surface area contributed by atoms with Crippen molar-refractivity contribution in [1.29, 1.82) is 0 Å². The van der Waals surface area contributed by atoms with Crippen molar-refractivity contribution in [1.82, 2.24) is 5.01 Å². The van der Waals surface area contributed by atoms with E-state index in [1.54, 1.807) is 42.5 Å². The number of hydrogen-bond donors (Lipinski definition) is 0. The number of Topliss-reactive ketones (excluding diaryl/α,β-unsaturated/α-hetero) is 1. The smallest absolute Gasteiger partial charge is 0.251 e. The average molecular weight is 488 g/mol. The Kier molecular flexibility index (Phi) is 5.49. The van der Waals surface area contributed by atoms with Crippen LogP contribution >= 0.6 is 34.8 Å². The van der Waals surface area contributed by atoms with Crippen LogP contribution in [0.2, 0.25) is 15.1 Å². The Balaban J connectivity index is 1.57. The van der Waals surface area contributed by atoms with Gasteiger partial charge in [0.15, 0.2) is 0 Å². The number of benzene rings is 3. The Bertz CT molecular complexity index is 1230. The number of hydrogen-bond acceptors (Lipinski definition) is 5. The van der Waals surface area contributed by atoms with Crippen LogP contribution in [-0.2, 0) is 0 Å². The van der Waals surface area contributed by atoms with E-state index in [-0.39, 0.29) is 11.8 Å². The number of nitrogens with zero attached hydrogens (tertiary/aromatic N) is 2. The summed E-state index contributed by atoms with van der Waals surface area (Å²) in [6, 6.07) is 17.5. The van der Waals surface area contributed by atoms with Crippen molar-refractivity contribution in [3.05, 3.63) is 92.4 Å². The maximum absolute atomic E-state index is 13.5. The first kappa shape index (κ1) is 21.1. The van der Waals surface area contributed by atoms with Gasteiger partial charge in [-0.15, -0.1) is 0 Å². The minimum atomic E-state index is -0.968. The molecule has 8 heteroatoms. The van der Waals surface area contributed by atoms with Gasteiger partial charge >= 0.3 is 0 Å². The molecule has 0 bridgehead atoms. The second-order valence-corrected chi connectivity index (χ2v) is 8.80. The highest BCUT2D eigenvalue weighted by Gasteiger charge is 2.44. The van der Waals surface area contributed by atoms with Crippen molar-refractivity contribution >= 4 is 46.3 Å². The summed E-state index contributed by atoms with van der Waals surface area (Å²) >= 11 is 18.8. The van der Waals surface area contributed by atoms with Crippen molar-refractivity contribution < 1.29 is 14.3 Å². The summed E-state index contributed by atoms with van der Waals surface area (Å²) in [5.41, 5.74) is 3.04. The predicted octanol–water partition coefficient (Wildman–Crippen LogP) is 6.41. The fourth-order valence-electron chi connectivity index (χ4n) is 4.00. The normalized spacial score (nSPS) is 19.0. The highest BCUT2D eigenvalue weighted by atomic mass is 35.5. The molecule has 0 amide bonds. The van der Waals surface area contributed by atoms with Crippen molar-refractivity contribution in [2.75, 3.05) is 7.11 Å². The Morgan fingerprint density at radius 3 is 2.44 bits per heavy atom. The maximum atomic E-state index is 13.5. The highest BCUT2D eigenvalue weighted by Crippen LogP contribution is 2.47. The molecule has 0 radical (unpaired) electrons. The summed E-state index contributed by atoms with van der Waals surface area (Å²) in [5, 5.41) is 7.98. The van der Waals surface area contributed by atoms with E-state index in [0.29, 0.717) is 38.6 Å². The Morgan fingerprint density at radius 2 is 1.75 bits per heavy atom. The van der Waals surface area contributed by atoms with Crippen LogP contribution in [0.1, 0.15) is 33.9 Å². The maximum Gasteiger partial charge on any atom is 0.251 e. The molecule has 3 aromatic rings. The molecule has 3 aromatic carbocycles. The third-order valence-electron chi connectivity index (χ3n) is 5.58. The SMILES string of the molecule is COc1ccc(C(=O)[C@@H]2Oc3c(Cl)cc(Cl)cc3[C@H]3CC(c4ccc(Cl)cc4)=NN32)cc1. The number of halogens is 3. The van der Waals surface area contributed by atoms with Gasteiger partial charge in [0.2, 0.25) is 5.78 Å². The zero-order valence-electron chi connectivity index (χ0n) is 16.9. The van der Waals surface area contributed by atoms with Gasteiger partial charge in [-0.3, -0.25) is 4.79 Å². The van der Waals surface area contributed by atoms with Gasteiger partial charge in [0, 0.05) is 27.6 Å². The van der Waals surface area contributed by atoms with Gasteiger partial charge in [-0.2, -0.15) is 5.10 Å². The molecule has 5 nitrogen and oxygen atoms in total. The molecule has 2 heterocycles. The van der Waals surface area contributed by atoms with Crippen LogP contribution in [0.25, 0.3) is 0 Å². The minimum absolute atomic E-state index is 0.226. The number of methoxy groups -OCH3 is 1. The van der Waals surface area contributed by atoms with Crippen molar-refractivity contribution in [3.8, 4) is 11.5 Å². The molecule has 0 aromatic heterocycles. The first-order valence-electron chi connectivity index (χ1n) is 9.90. The van der Waals surface area contributed by atoms with Crippen LogP contribution in [0.5, 0.6) is 11.5 Å². The van der Waals surface area contributed by atoms with Crippen molar-refractivity contribution in [2.45, 2.75) is 18.7 Å². The topological polar surface area (TPSA) is 51.1 Å². The Morgan fingerprint density at radius 1 is 1.03 bits per heavy atom. The van der Waals surface area contributed by atoms with Gasteiger partial charge in [0.05, 0.1) is 23.9 Å². The van der Waals surface area contributed by atoms with E-state index in [2.05, 4.69) is 0 Å². The second kappa shape index (κ2) is 8.32. The van der Waals surface area contributed by atoms with Crippen LogP contribution in [0.3, 0.4) is 0 Å². The minimum Gasteiger partial charge on any atom is -0.497 e. The van der Waals surface area contributed by atoms with Gasteiger partial charge in [0.25, 0.3) is 6.23 Å². The largest absolute Gasteiger partial charge is 0.497 e. The number of rotatable bonds is 4. The van der Waals surface area contributed by atoms with Gasteiger partial charge in [-0.1, -0.05) is 46.9 Å². The quantitative estimate of drug-likeness (QED) is 0.399. The lowest BCUT2D eigenvalue weighted by atomic mass is 9.95. The van der Waals surface area contributed by atoms with Gasteiger partial charge in [-0.05, 0) is 54.1 Å². The zero-order chi connectivity index (χ0) is 22.4. The second-order valence-electron chi connectivity index (χ2n) is 7.52. The summed E-state index contributed by atoms with van der Waals surface area (Å²) in [5.74, 6) is 0.892. The average Bonchev–Trinajstić information content (AvgIpc) is 3.24. The fourth-order valence-corrected chi connectivity index (χ4v) is 4.68. The molecular formula is C24H17Cl3N2O3. The molecule has 0 fully saturated rings. The van der Waals surface area contributed by atoms with Crippen LogP contribution in [-0.4, -0.2) is 29.8 Å². The third-order valence-corrected chi connectivity index (χ3v) is 6.34. The van der Waals surface area contributed by atoms with Gasteiger partial charge in [0.1, 0.15) is 11.5 Å². The molecule has 0 aliphatic carbocycles. The lowest BCUT2D eigenvalue weighted by molar-refractivity contribution is -0.00448. The van der Waals surface area contributed by atoms with E-state index in [9.17, 15) is 4.79 Å². The van der Waals surface area contributed by atoms with Gasteiger partial charge in [-0.25, -0.2) is 5.01 Å². The Labute approximate surface area is 200 Å². The fraction of sp³-hybridized carbons (Fsp3) is 0.167. The number of ketones is 1. The first-order valence-corrected chi connectivity index (χ1v) is 11.0. The molecule has 0 saturated carbocycles. The van der Waals surface area contributed by atoms with E-state index in [1.807, 2.05) is 30.3 Å². The molecular weight excluding hydrogens is 471 g/mol. The molecule has 32 heavy (non-hydrogen) atoms. The van der Waals surface area contributed by atoms with E-state index >= 15 is 0 Å². The summed E-state index contributed by atoms with van der Waals surface area (Å²) in [6.45, 7) is 0. The monoisotopic (exact) mass is 486 g/mol. The number of fused-ring (bicyclic) bond motifs is 3. The highest BCUT2D eigenvalue weighted by molar-refractivity contribution is 6.35. The molecule has 0 spiro atoms. The molecule has 2 aliphatic heterocycles. The predicted molar refractivity (Wildman–Crippen MR) is 125 cm³/mol. The molecule has 0 N–H and O–H groups in total. The first-order chi connectivity index (χ1) is 15.4. The summed E-state index contributed by atoms with van der Waals surface area (Å²) in [6.07, 6.45) is -0.398. The van der Waals surface area contributed by atoms with Crippen LogP contribution < -0.4 is 9.47 Å². The van der Waals surface area contributed by atoms with E-state index < -0.39 is 6.23 Å². The molecule has 2 atom stereocenters. The summed E-state index contributed by atoms with van der Waals surface area (Å²) in [4.78, 5) is 13.5. The lowest BCUT2D eigenvalue weighted by Gasteiger charge is -2.37. The molecule has 2 aliphatic rings. The lowest BCUT2D eigenvalue weighted by Crippen LogP contribution is -2.46. The van der Waals surface area contributed by atoms with Crippen LogP contribution in [0, 0.1) is 0 Å². The number of carbonyl (C=O) groups is 1. The van der Waals surface area contributed by atoms with Crippen molar-refractivity contribution in [2.24, 2.45) is 5.10 Å². The molecule has 0 saturated heterocycles. The molecule has 0 unspecified atom stereocenters. The standard InChI is InChI=1S/C24H17Cl3N2O3/c1-31-17-8-4-14(5-9-17)22(30)24-29-21(18-10-16(26)11-19(27)23(18)32-24)12-20(28-29)13-2-6-15(25)7-3-13/h2-11,21,24H,12H2,1H3/t21-,24+/m1/s1. The number of carbonyl (C=O) groups excluding carboxylic acids is 1. The van der Waals surface area contributed by atoms with E-state index in [0.717, 1.165) is 16.8 Å². The molecule has 5 rings (SSSR count). The Hall–Kier alpha value is -2.73. The van der Waals surface area contributed by atoms with Crippen LogP contribution in [0.15, 0.2) is 65.8 Å². The van der Waals surface area contributed by atoms with Crippen molar-refractivity contribution in [3.63, 3.8) is 0 Å². The third kappa shape index (κ3) is 3.71. The van der Waals surface area contributed by atoms with Gasteiger partial charge < -0.3 is 9.47 Å². The summed E-state index contributed by atoms with van der Waals surface area (Å²) in [7, 11) is 1.58. The number of ether oxygens (including phenoxy) is 2. The number of hydrazone groups is 1. The summed E-state index contributed by atoms with van der Waals surface area (Å²) < 4.78 is 11.3. The van der Waals surface area contributed by atoms with E-state index in [4.69, 9.17) is 49.4 Å². The zero-order valence-corrected chi connectivity index (χ0v) is 19.2. The van der Waals surface area contributed by atoms with E-state index in [1.165, 1.54) is 0 Å².